The van der Waals surface area contributed by atoms with Crippen LogP contribution in [0.5, 0.6) is 11.5 Å². The number of rotatable bonds is 2. The van der Waals surface area contributed by atoms with Crippen LogP contribution in [0.2, 0.25) is 0 Å². The molecule has 0 saturated heterocycles. The Labute approximate surface area is 110 Å². The van der Waals surface area contributed by atoms with E-state index in [1.807, 2.05) is 48.5 Å². The van der Waals surface area contributed by atoms with Crippen LogP contribution in [0.15, 0.2) is 53.3 Å². The lowest BCUT2D eigenvalue weighted by atomic mass is 10.3. The number of imidazole rings is 1. The Bertz CT molecular complexity index is 785. The standard InChI is InChI=1S/C15H14N2O2/c1-16-13-9-8-12(10-14(13)17(2)15(16)18)19-11-6-4-3-5-7-11/h3-10H,1-2H3. The third-order valence-corrected chi connectivity index (χ3v) is 3.22. The van der Waals surface area contributed by atoms with E-state index < -0.39 is 0 Å². The molecule has 0 aliphatic carbocycles. The lowest BCUT2D eigenvalue weighted by Crippen LogP contribution is -2.19. The molecule has 3 rings (SSSR count). The second kappa shape index (κ2) is 4.31. The zero-order valence-electron chi connectivity index (χ0n) is 10.8. The van der Waals surface area contributed by atoms with Crippen molar-refractivity contribution in [1.82, 2.24) is 9.13 Å². The normalized spacial score (nSPS) is 10.8. The lowest BCUT2D eigenvalue weighted by molar-refractivity contribution is 0.483. The van der Waals surface area contributed by atoms with Gasteiger partial charge in [-0.2, -0.15) is 0 Å². The van der Waals surface area contributed by atoms with Crippen LogP contribution >= 0.6 is 0 Å². The maximum absolute atomic E-state index is 11.8. The second-order valence-corrected chi connectivity index (χ2v) is 4.47. The third-order valence-electron chi connectivity index (χ3n) is 3.22. The molecule has 0 fully saturated rings. The van der Waals surface area contributed by atoms with Gasteiger partial charge in [-0.25, -0.2) is 4.79 Å². The Balaban J connectivity index is 2.07. The van der Waals surface area contributed by atoms with Crippen LogP contribution in [-0.4, -0.2) is 9.13 Å². The van der Waals surface area contributed by atoms with Crippen molar-refractivity contribution in [2.24, 2.45) is 14.1 Å². The van der Waals surface area contributed by atoms with Crippen LogP contribution in [0, 0.1) is 0 Å². The molecule has 0 amide bonds. The van der Waals surface area contributed by atoms with Gasteiger partial charge in [0.2, 0.25) is 0 Å². The monoisotopic (exact) mass is 254 g/mol. The fourth-order valence-electron chi connectivity index (χ4n) is 2.17. The molecule has 19 heavy (non-hydrogen) atoms. The van der Waals surface area contributed by atoms with Gasteiger partial charge in [-0.3, -0.25) is 9.13 Å². The second-order valence-electron chi connectivity index (χ2n) is 4.47. The summed E-state index contributed by atoms with van der Waals surface area (Å²) in [6.07, 6.45) is 0. The largest absolute Gasteiger partial charge is 0.457 e. The first-order valence-corrected chi connectivity index (χ1v) is 6.05. The number of para-hydroxylation sites is 1. The van der Waals surface area contributed by atoms with Crippen molar-refractivity contribution < 1.29 is 4.74 Å². The molecule has 1 heterocycles. The highest BCUT2D eigenvalue weighted by atomic mass is 16.5. The highest BCUT2D eigenvalue weighted by Gasteiger charge is 2.08. The van der Waals surface area contributed by atoms with Gasteiger partial charge in [0.1, 0.15) is 11.5 Å². The van der Waals surface area contributed by atoms with Crippen molar-refractivity contribution in [3.8, 4) is 11.5 Å². The van der Waals surface area contributed by atoms with E-state index in [2.05, 4.69) is 0 Å². The van der Waals surface area contributed by atoms with E-state index in [4.69, 9.17) is 4.74 Å². The third kappa shape index (κ3) is 1.91. The van der Waals surface area contributed by atoms with Crippen molar-refractivity contribution in [3.63, 3.8) is 0 Å². The maximum Gasteiger partial charge on any atom is 0.328 e. The van der Waals surface area contributed by atoms with Crippen LogP contribution in [0.3, 0.4) is 0 Å². The first-order chi connectivity index (χ1) is 9.16. The van der Waals surface area contributed by atoms with E-state index in [1.165, 1.54) is 0 Å². The number of hydrogen-bond acceptors (Lipinski definition) is 2. The van der Waals surface area contributed by atoms with E-state index in [1.54, 1.807) is 23.2 Å². The summed E-state index contributed by atoms with van der Waals surface area (Å²) in [6.45, 7) is 0. The van der Waals surface area contributed by atoms with E-state index in [9.17, 15) is 4.79 Å². The first kappa shape index (κ1) is 11.6. The number of benzene rings is 2. The zero-order valence-corrected chi connectivity index (χ0v) is 10.8. The van der Waals surface area contributed by atoms with Gasteiger partial charge in [-0.1, -0.05) is 18.2 Å². The molecule has 4 nitrogen and oxygen atoms in total. The van der Waals surface area contributed by atoms with Gasteiger partial charge in [-0.15, -0.1) is 0 Å². The molecule has 0 N–H and O–H groups in total. The van der Waals surface area contributed by atoms with Crippen LogP contribution in [0.25, 0.3) is 11.0 Å². The summed E-state index contributed by atoms with van der Waals surface area (Å²) in [5.74, 6) is 1.50. The number of ether oxygens (including phenoxy) is 1. The average Bonchev–Trinajstić information content (AvgIpc) is 2.65. The molecule has 0 radical (unpaired) electrons. The van der Waals surface area contributed by atoms with Crippen LogP contribution in [0.4, 0.5) is 0 Å². The molecule has 2 aromatic carbocycles. The summed E-state index contributed by atoms with van der Waals surface area (Å²) in [4.78, 5) is 11.8. The average molecular weight is 254 g/mol. The summed E-state index contributed by atoms with van der Waals surface area (Å²) in [5, 5.41) is 0. The molecule has 0 atom stereocenters. The first-order valence-electron chi connectivity index (χ1n) is 6.05. The van der Waals surface area contributed by atoms with Crippen molar-refractivity contribution >= 4 is 11.0 Å². The van der Waals surface area contributed by atoms with Gasteiger partial charge in [0.05, 0.1) is 11.0 Å². The van der Waals surface area contributed by atoms with Gasteiger partial charge in [0.25, 0.3) is 0 Å². The Hall–Kier alpha value is -2.49. The van der Waals surface area contributed by atoms with Crippen molar-refractivity contribution in [3.05, 3.63) is 59.0 Å². The fourth-order valence-corrected chi connectivity index (χ4v) is 2.17. The molecule has 0 aliphatic rings. The molecule has 4 heteroatoms. The Morgan fingerprint density at radius 3 is 2.26 bits per heavy atom. The Kier molecular flexibility index (Phi) is 2.63. The quantitative estimate of drug-likeness (QED) is 0.705. The van der Waals surface area contributed by atoms with Gasteiger partial charge in [0, 0.05) is 20.2 Å². The van der Waals surface area contributed by atoms with Crippen LogP contribution in [0.1, 0.15) is 0 Å². The van der Waals surface area contributed by atoms with E-state index >= 15 is 0 Å². The van der Waals surface area contributed by atoms with E-state index in [0.29, 0.717) is 0 Å². The summed E-state index contributed by atoms with van der Waals surface area (Å²) < 4.78 is 9.01. The Morgan fingerprint density at radius 1 is 0.842 bits per heavy atom. The number of fused-ring (bicyclic) bond motifs is 1. The summed E-state index contributed by atoms with van der Waals surface area (Å²) in [5.41, 5.74) is 1.72. The molecular weight excluding hydrogens is 240 g/mol. The molecular formula is C15H14N2O2. The minimum absolute atomic E-state index is 0.0353. The SMILES string of the molecule is Cn1c(=O)n(C)c2cc(Oc3ccccc3)ccc21. The zero-order chi connectivity index (χ0) is 13.4. The van der Waals surface area contributed by atoms with Crippen molar-refractivity contribution in [2.75, 3.05) is 0 Å². The predicted octanol–water partition coefficient (Wildman–Crippen LogP) is 2.67. The van der Waals surface area contributed by atoms with Gasteiger partial charge >= 0.3 is 5.69 Å². The van der Waals surface area contributed by atoms with E-state index in [-0.39, 0.29) is 5.69 Å². The van der Waals surface area contributed by atoms with Gasteiger partial charge in [0.15, 0.2) is 0 Å². The molecule has 0 bridgehead atoms. The maximum atomic E-state index is 11.8. The number of nitrogens with zero attached hydrogens (tertiary/aromatic N) is 2. The summed E-state index contributed by atoms with van der Waals surface area (Å²) in [7, 11) is 3.53. The van der Waals surface area contributed by atoms with Crippen LogP contribution in [-0.2, 0) is 14.1 Å². The molecule has 0 unspecified atom stereocenters. The molecule has 0 spiro atoms. The van der Waals surface area contributed by atoms with E-state index in [0.717, 1.165) is 22.5 Å². The van der Waals surface area contributed by atoms with Crippen molar-refractivity contribution in [1.29, 1.82) is 0 Å². The Morgan fingerprint density at radius 2 is 1.53 bits per heavy atom. The molecule has 96 valence electrons. The smallest absolute Gasteiger partial charge is 0.328 e. The number of aryl methyl sites for hydroxylation is 2. The molecule has 0 saturated carbocycles. The molecule has 3 aromatic rings. The molecule has 0 aliphatic heterocycles. The molecule has 1 aromatic heterocycles. The number of hydrogen-bond donors (Lipinski definition) is 0. The van der Waals surface area contributed by atoms with Gasteiger partial charge < -0.3 is 4.74 Å². The summed E-state index contributed by atoms with van der Waals surface area (Å²) in [6, 6.07) is 15.2. The topological polar surface area (TPSA) is 36.2 Å². The van der Waals surface area contributed by atoms with Gasteiger partial charge in [-0.05, 0) is 24.3 Å². The minimum atomic E-state index is -0.0353. The fraction of sp³-hybridized carbons (Fsp3) is 0.133. The van der Waals surface area contributed by atoms with Crippen molar-refractivity contribution in [2.45, 2.75) is 0 Å². The lowest BCUT2D eigenvalue weighted by Gasteiger charge is -2.05. The highest BCUT2D eigenvalue weighted by Crippen LogP contribution is 2.24. The van der Waals surface area contributed by atoms with Crippen LogP contribution < -0.4 is 10.4 Å². The highest BCUT2D eigenvalue weighted by molar-refractivity contribution is 5.77. The number of aromatic nitrogens is 2. The predicted molar refractivity (Wildman–Crippen MR) is 74.7 cm³/mol. The summed E-state index contributed by atoms with van der Waals surface area (Å²) >= 11 is 0. The minimum Gasteiger partial charge on any atom is -0.457 e.